The van der Waals surface area contributed by atoms with E-state index in [1.807, 2.05) is 11.9 Å². The minimum atomic E-state index is -0.771. The van der Waals surface area contributed by atoms with E-state index in [4.69, 9.17) is 4.74 Å². The van der Waals surface area contributed by atoms with Crippen molar-refractivity contribution in [1.82, 2.24) is 9.97 Å². The van der Waals surface area contributed by atoms with Gasteiger partial charge in [-0.25, -0.2) is 18.7 Å². The monoisotopic (exact) mass is 279 g/mol. The number of aromatic nitrogens is 2. The Kier molecular flexibility index (Phi) is 4.45. The highest BCUT2D eigenvalue weighted by Crippen LogP contribution is 2.25. The van der Waals surface area contributed by atoms with Crippen LogP contribution in [-0.4, -0.2) is 23.6 Å². The van der Waals surface area contributed by atoms with Gasteiger partial charge < -0.3 is 9.64 Å². The molecule has 106 valence electrons. The van der Waals surface area contributed by atoms with Crippen LogP contribution in [-0.2, 0) is 0 Å². The molecule has 0 atom stereocenters. The van der Waals surface area contributed by atoms with Crippen molar-refractivity contribution in [2.75, 3.05) is 18.5 Å². The van der Waals surface area contributed by atoms with E-state index < -0.39 is 11.6 Å². The maximum Gasteiger partial charge on any atom is 0.224 e. The average molecular weight is 279 g/mol. The van der Waals surface area contributed by atoms with Gasteiger partial charge in [0.15, 0.2) is 11.6 Å². The molecular weight excluding hydrogens is 264 g/mol. The lowest BCUT2D eigenvalue weighted by atomic mass is 10.3. The predicted octanol–water partition coefficient (Wildman–Crippen LogP) is 3.39. The second-order valence-corrected chi connectivity index (χ2v) is 4.31. The van der Waals surface area contributed by atoms with Gasteiger partial charge in [0.05, 0.1) is 0 Å². The smallest absolute Gasteiger partial charge is 0.224 e. The summed E-state index contributed by atoms with van der Waals surface area (Å²) in [5, 5.41) is 0. The van der Waals surface area contributed by atoms with Crippen LogP contribution in [0.4, 0.5) is 14.6 Å². The molecule has 0 unspecified atom stereocenters. The lowest BCUT2D eigenvalue weighted by molar-refractivity contribution is 0.422. The largest absolute Gasteiger partial charge is 0.436 e. The Balaban J connectivity index is 2.19. The van der Waals surface area contributed by atoms with Gasteiger partial charge in [-0.15, -0.1) is 0 Å². The predicted molar refractivity (Wildman–Crippen MR) is 72.0 cm³/mol. The van der Waals surface area contributed by atoms with Crippen LogP contribution < -0.4 is 9.64 Å². The lowest BCUT2D eigenvalue weighted by Gasteiger charge is -2.17. The van der Waals surface area contributed by atoms with Gasteiger partial charge in [0, 0.05) is 25.7 Å². The van der Waals surface area contributed by atoms with Crippen molar-refractivity contribution in [3.63, 3.8) is 0 Å². The SMILES string of the molecule is CCCN(C)c1cc(Oc2ccc(F)cc2F)ncn1. The van der Waals surface area contributed by atoms with Gasteiger partial charge in [0.1, 0.15) is 18.0 Å². The van der Waals surface area contributed by atoms with Gasteiger partial charge in [-0.2, -0.15) is 0 Å². The van der Waals surface area contributed by atoms with Crippen LogP contribution in [0.2, 0.25) is 0 Å². The fraction of sp³-hybridized carbons (Fsp3) is 0.286. The van der Waals surface area contributed by atoms with Crippen LogP contribution in [0, 0.1) is 11.6 Å². The van der Waals surface area contributed by atoms with Crippen LogP contribution >= 0.6 is 0 Å². The first-order valence-corrected chi connectivity index (χ1v) is 6.26. The van der Waals surface area contributed by atoms with E-state index in [2.05, 4.69) is 16.9 Å². The quantitative estimate of drug-likeness (QED) is 0.841. The highest BCUT2D eigenvalue weighted by molar-refractivity contribution is 5.41. The van der Waals surface area contributed by atoms with Gasteiger partial charge >= 0.3 is 0 Å². The average Bonchev–Trinajstić information content (AvgIpc) is 2.43. The van der Waals surface area contributed by atoms with Gasteiger partial charge in [-0.05, 0) is 18.6 Å². The van der Waals surface area contributed by atoms with Gasteiger partial charge in [-0.3, -0.25) is 0 Å². The summed E-state index contributed by atoms with van der Waals surface area (Å²) in [6, 6.07) is 4.73. The number of rotatable bonds is 5. The normalized spacial score (nSPS) is 10.4. The van der Waals surface area contributed by atoms with Gasteiger partial charge in [0.2, 0.25) is 5.88 Å². The molecule has 6 heteroatoms. The molecule has 0 saturated carbocycles. The molecule has 0 amide bonds. The van der Waals surface area contributed by atoms with Crippen molar-refractivity contribution in [2.24, 2.45) is 0 Å². The first kappa shape index (κ1) is 14.2. The Morgan fingerprint density at radius 2 is 2.00 bits per heavy atom. The molecule has 2 rings (SSSR count). The first-order valence-electron chi connectivity index (χ1n) is 6.26. The fourth-order valence-electron chi connectivity index (χ4n) is 1.72. The summed E-state index contributed by atoms with van der Waals surface area (Å²) in [5.41, 5.74) is 0. The summed E-state index contributed by atoms with van der Waals surface area (Å²) in [7, 11) is 1.90. The molecule has 1 heterocycles. The molecule has 2 aromatic rings. The Bertz CT molecular complexity index is 592. The Morgan fingerprint density at radius 3 is 2.70 bits per heavy atom. The van der Waals surface area contributed by atoms with Crippen molar-refractivity contribution in [2.45, 2.75) is 13.3 Å². The highest BCUT2D eigenvalue weighted by atomic mass is 19.1. The topological polar surface area (TPSA) is 38.2 Å². The first-order chi connectivity index (χ1) is 9.60. The number of halogens is 2. The number of hydrogen-bond donors (Lipinski definition) is 0. The summed E-state index contributed by atoms with van der Waals surface area (Å²) >= 11 is 0. The summed E-state index contributed by atoms with van der Waals surface area (Å²) in [6.07, 6.45) is 2.32. The van der Waals surface area contributed by atoms with Gasteiger partial charge in [0.25, 0.3) is 0 Å². The highest BCUT2D eigenvalue weighted by Gasteiger charge is 2.09. The van der Waals surface area contributed by atoms with E-state index in [9.17, 15) is 8.78 Å². The van der Waals surface area contributed by atoms with E-state index in [1.165, 1.54) is 12.4 Å². The van der Waals surface area contributed by atoms with E-state index >= 15 is 0 Å². The molecular formula is C14H15F2N3O. The van der Waals surface area contributed by atoms with Crippen molar-refractivity contribution in [1.29, 1.82) is 0 Å². The summed E-state index contributed by atoms with van der Waals surface area (Å²) in [6.45, 7) is 2.89. The molecule has 0 N–H and O–H groups in total. The summed E-state index contributed by atoms with van der Waals surface area (Å²) in [4.78, 5) is 9.98. The second-order valence-electron chi connectivity index (χ2n) is 4.31. The molecule has 0 saturated heterocycles. The van der Waals surface area contributed by atoms with Crippen LogP contribution in [0.3, 0.4) is 0 Å². The van der Waals surface area contributed by atoms with E-state index in [-0.39, 0.29) is 11.6 Å². The minimum Gasteiger partial charge on any atom is -0.436 e. The van der Waals surface area contributed by atoms with E-state index in [1.54, 1.807) is 6.07 Å². The zero-order valence-electron chi connectivity index (χ0n) is 11.3. The molecule has 0 aliphatic carbocycles. The van der Waals surface area contributed by atoms with Crippen LogP contribution in [0.5, 0.6) is 11.6 Å². The van der Waals surface area contributed by atoms with Crippen LogP contribution in [0.15, 0.2) is 30.6 Å². The lowest BCUT2D eigenvalue weighted by Crippen LogP contribution is -2.19. The van der Waals surface area contributed by atoms with E-state index in [0.29, 0.717) is 5.82 Å². The summed E-state index contributed by atoms with van der Waals surface area (Å²) in [5.74, 6) is -0.606. The molecule has 0 radical (unpaired) electrons. The van der Waals surface area contributed by atoms with Crippen LogP contribution in [0.1, 0.15) is 13.3 Å². The standard InChI is InChI=1S/C14H15F2N3O/c1-3-6-19(2)13-8-14(18-9-17-13)20-12-5-4-10(15)7-11(12)16/h4-5,7-9H,3,6H2,1-2H3. The number of hydrogen-bond acceptors (Lipinski definition) is 4. The van der Waals surface area contributed by atoms with Crippen molar-refractivity contribution >= 4 is 5.82 Å². The maximum atomic E-state index is 13.5. The third-order valence-corrected chi connectivity index (χ3v) is 2.69. The molecule has 0 aliphatic heterocycles. The fourth-order valence-corrected chi connectivity index (χ4v) is 1.72. The Labute approximate surface area is 116 Å². The molecule has 1 aromatic heterocycles. The Morgan fingerprint density at radius 1 is 1.20 bits per heavy atom. The summed E-state index contributed by atoms with van der Waals surface area (Å²) < 4.78 is 31.6. The molecule has 4 nitrogen and oxygen atoms in total. The molecule has 0 spiro atoms. The zero-order chi connectivity index (χ0) is 14.5. The maximum absolute atomic E-state index is 13.5. The second kappa shape index (κ2) is 6.27. The molecule has 0 fully saturated rings. The third kappa shape index (κ3) is 3.40. The molecule has 0 bridgehead atoms. The van der Waals surface area contributed by atoms with Crippen molar-refractivity contribution in [3.05, 3.63) is 42.2 Å². The molecule has 0 aliphatic rings. The Hall–Kier alpha value is -2.24. The van der Waals surface area contributed by atoms with Crippen molar-refractivity contribution in [3.8, 4) is 11.6 Å². The third-order valence-electron chi connectivity index (χ3n) is 2.69. The zero-order valence-corrected chi connectivity index (χ0v) is 11.3. The number of ether oxygens (including phenoxy) is 1. The van der Waals surface area contributed by atoms with Crippen LogP contribution in [0.25, 0.3) is 0 Å². The van der Waals surface area contributed by atoms with E-state index in [0.717, 1.165) is 25.1 Å². The number of anilines is 1. The number of benzene rings is 1. The molecule has 1 aromatic carbocycles. The van der Waals surface area contributed by atoms with Crippen molar-refractivity contribution < 1.29 is 13.5 Å². The van der Waals surface area contributed by atoms with Gasteiger partial charge in [-0.1, -0.05) is 6.92 Å². The molecule has 20 heavy (non-hydrogen) atoms. The number of nitrogens with zero attached hydrogens (tertiary/aromatic N) is 3. The minimum absolute atomic E-state index is 0.0748.